The van der Waals surface area contributed by atoms with E-state index in [0.717, 1.165) is 41.9 Å². The molecule has 3 nitrogen and oxygen atoms in total. The van der Waals surface area contributed by atoms with Crippen molar-refractivity contribution in [2.24, 2.45) is 0 Å². The SMILES string of the molecule is CCCOc1c(CC)cc(/C=[N+](\C)[O-])cc1CC. The van der Waals surface area contributed by atoms with E-state index in [-0.39, 0.29) is 0 Å². The smallest absolute Gasteiger partial charge is 0.181 e. The summed E-state index contributed by atoms with van der Waals surface area (Å²) in [5.74, 6) is 1.01. The molecule has 100 valence electrons. The Bertz CT molecular complexity index is 395. The lowest BCUT2D eigenvalue weighted by atomic mass is 10.0. The molecule has 18 heavy (non-hydrogen) atoms. The van der Waals surface area contributed by atoms with Gasteiger partial charge in [-0.05, 0) is 42.5 Å². The van der Waals surface area contributed by atoms with Crippen LogP contribution in [-0.4, -0.2) is 24.6 Å². The fraction of sp³-hybridized carbons (Fsp3) is 0.533. The zero-order valence-corrected chi connectivity index (χ0v) is 11.8. The maximum atomic E-state index is 11.1. The molecule has 0 unspecified atom stereocenters. The highest BCUT2D eigenvalue weighted by atomic mass is 16.5. The van der Waals surface area contributed by atoms with Crippen LogP contribution in [0.1, 0.15) is 43.9 Å². The summed E-state index contributed by atoms with van der Waals surface area (Å²) in [7, 11) is 1.50. The van der Waals surface area contributed by atoms with Crippen molar-refractivity contribution in [2.45, 2.75) is 40.0 Å². The first-order valence-electron chi connectivity index (χ1n) is 6.65. The summed E-state index contributed by atoms with van der Waals surface area (Å²) in [5, 5.41) is 11.1. The van der Waals surface area contributed by atoms with E-state index < -0.39 is 0 Å². The molecule has 1 aromatic rings. The summed E-state index contributed by atoms with van der Waals surface area (Å²) in [6.07, 6.45) is 4.43. The van der Waals surface area contributed by atoms with E-state index in [1.54, 1.807) is 6.21 Å². The first-order chi connectivity index (χ1) is 8.62. The van der Waals surface area contributed by atoms with Crippen molar-refractivity contribution >= 4 is 6.21 Å². The van der Waals surface area contributed by atoms with Crippen molar-refractivity contribution in [1.82, 2.24) is 0 Å². The van der Waals surface area contributed by atoms with Crippen LogP contribution in [0.4, 0.5) is 0 Å². The summed E-state index contributed by atoms with van der Waals surface area (Å²) >= 11 is 0. The topological polar surface area (TPSA) is 35.3 Å². The minimum atomic E-state index is 0.741. The quantitative estimate of drug-likeness (QED) is 0.336. The predicted octanol–water partition coefficient (Wildman–Crippen LogP) is 3.16. The first-order valence-corrected chi connectivity index (χ1v) is 6.65. The molecule has 0 aromatic heterocycles. The summed E-state index contributed by atoms with van der Waals surface area (Å²) in [5.41, 5.74) is 3.30. The minimum Gasteiger partial charge on any atom is -0.624 e. The first kappa shape index (κ1) is 14.6. The standard InChI is InChI=1S/C15H23NO2/c1-5-8-18-15-13(6-2)9-12(11-16(4)17)10-14(15)7-3/h9-11H,5-8H2,1-4H3/b16-11+. The van der Waals surface area contributed by atoms with E-state index in [0.29, 0.717) is 0 Å². The number of rotatable bonds is 6. The molecule has 0 amide bonds. The van der Waals surface area contributed by atoms with Crippen molar-refractivity contribution < 1.29 is 9.48 Å². The van der Waals surface area contributed by atoms with Gasteiger partial charge in [-0.25, -0.2) is 4.74 Å². The Hall–Kier alpha value is -1.51. The molecule has 0 N–H and O–H groups in total. The Morgan fingerprint density at radius 3 is 2.11 bits per heavy atom. The zero-order chi connectivity index (χ0) is 13.5. The average molecular weight is 249 g/mol. The third-order valence-electron chi connectivity index (χ3n) is 2.81. The third kappa shape index (κ3) is 3.76. The Labute approximate surface area is 110 Å². The maximum Gasteiger partial charge on any atom is 0.181 e. The van der Waals surface area contributed by atoms with E-state index in [4.69, 9.17) is 4.74 Å². The van der Waals surface area contributed by atoms with Crippen LogP contribution in [0.25, 0.3) is 0 Å². The highest BCUT2D eigenvalue weighted by molar-refractivity contribution is 5.77. The number of hydroxylamine groups is 1. The number of nitrogens with zero attached hydrogens (tertiary/aromatic N) is 1. The molecule has 0 saturated heterocycles. The molecule has 0 aliphatic carbocycles. The summed E-state index contributed by atoms with van der Waals surface area (Å²) in [6.45, 7) is 7.06. The van der Waals surface area contributed by atoms with Gasteiger partial charge >= 0.3 is 0 Å². The van der Waals surface area contributed by atoms with Crippen molar-refractivity contribution in [3.05, 3.63) is 34.0 Å². The molecular formula is C15H23NO2. The molecule has 0 saturated carbocycles. The van der Waals surface area contributed by atoms with E-state index in [1.165, 1.54) is 18.2 Å². The fourth-order valence-corrected chi connectivity index (χ4v) is 1.98. The molecule has 0 fully saturated rings. The largest absolute Gasteiger partial charge is 0.624 e. The molecule has 0 aliphatic rings. The number of aryl methyl sites for hydroxylation is 2. The van der Waals surface area contributed by atoms with Gasteiger partial charge in [0.1, 0.15) is 12.8 Å². The van der Waals surface area contributed by atoms with Crippen molar-refractivity contribution in [3.63, 3.8) is 0 Å². The van der Waals surface area contributed by atoms with Gasteiger partial charge in [0.2, 0.25) is 0 Å². The van der Waals surface area contributed by atoms with Gasteiger partial charge in [0, 0.05) is 5.56 Å². The Morgan fingerprint density at radius 1 is 1.17 bits per heavy atom. The number of benzene rings is 1. The van der Waals surface area contributed by atoms with Gasteiger partial charge in [-0.2, -0.15) is 0 Å². The van der Waals surface area contributed by atoms with Gasteiger partial charge in [0.15, 0.2) is 6.21 Å². The maximum absolute atomic E-state index is 11.1. The Morgan fingerprint density at radius 2 is 1.72 bits per heavy atom. The fourth-order valence-electron chi connectivity index (χ4n) is 1.98. The second kappa shape index (κ2) is 7.04. The average Bonchev–Trinajstić information content (AvgIpc) is 2.35. The second-order valence-electron chi connectivity index (χ2n) is 4.40. The third-order valence-corrected chi connectivity index (χ3v) is 2.81. The molecule has 1 aromatic carbocycles. The summed E-state index contributed by atoms with van der Waals surface area (Å²) in [4.78, 5) is 0. The van der Waals surface area contributed by atoms with Crippen molar-refractivity contribution in [3.8, 4) is 5.75 Å². The number of ether oxygens (including phenoxy) is 1. The van der Waals surface area contributed by atoms with Crippen LogP contribution in [0.5, 0.6) is 5.75 Å². The van der Waals surface area contributed by atoms with Crippen LogP contribution in [-0.2, 0) is 12.8 Å². The van der Waals surface area contributed by atoms with Gasteiger partial charge in [0.05, 0.1) is 6.61 Å². The molecule has 0 bridgehead atoms. The van der Waals surface area contributed by atoms with Gasteiger partial charge < -0.3 is 9.94 Å². The molecule has 0 heterocycles. The molecule has 0 atom stereocenters. The van der Waals surface area contributed by atoms with Gasteiger partial charge in [-0.1, -0.05) is 20.8 Å². The summed E-state index contributed by atoms with van der Waals surface area (Å²) < 4.78 is 6.69. The van der Waals surface area contributed by atoms with Gasteiger partial charge in [-0.15, -0.1) is 0 Å². The number of hydrogen-bond acceptors (Lipinski definition) is 2. The van der Waals surface area contributed by atoms with Crippen LogP contribution in [0.15, 0.2) is 12.1 Å². The zero-order valence-electron chi connectivity index (χ0n) is 11.8. The van der Waals surface area contributed by atoms with Gasteiger partial charge in [0.25, 0.3) is 0 Å². The Balaban J connectivity index is 3.20. The number of hydrogen-bond donors (Lipinski definition) is 0. The van der Waals surface area contributed by atoms with Crippen LogP contribution < -0.4 is 4.74 Å². The molecular weight excluding hydrogens is 226 g/mol. The molecule has 1 rings (SSSR count). The van der Waals surface area contributed by atoms with E-state index in [1.807, 2.05) is 12.1 Å². The molecule has 0 aliphatic heterocycles. The van der Waals surface area contributed by atoms with Crippen LogP contribution in [0, 0.1) is 5.21 Å². The van der Waals surface area contributed by atoms with Gasteiger partial charge in [-0.3, -0.25) is 0 Å². The van der Waals surface area contributed by atoms with E-state index in [9.17, 15) is 5.21 Å². The lowest BCUT2D eigenvalue weighted by Gasteiger charge is -2.15. The van der Waals surface area contributed by atoms with Crippen LogP contribution in [0.3, 0.4) is 0 Å². The molecule has 3 heteroatoms. The Kier molecular flexibility index (Phi) is 5.69. The monoisotopic (exact) mass is 249 g/mol. The molecule has 0 radical (unpaired) electrons. The highest BCUT2D eigenvalue weighted by Crippen LogP contribution is 2.27. The van der Waals surface area contributed by atoms with E-state index >= 15 is 0 Å². The minimum absolute atomic E-state index is 0.741. The summed E-state index contributed by atoms with van der Waals surface area (Å²) in [6, 6.07) is 4.08. The van der Waals surface area contributed by atoms with Crippen LogP contribution >= 0.6 is 0 Å². The van der Waals surface area contributed by atoms with Crippen LogP contribution in [0.2, 0.25) is 0 Å². The lowest BCUT2D eigenvalue weighted by molar-refractivity contribution is -0.416. The normalized spacial score (nSPS) is 11.7. The lowest BCUT2D eigenvalue weighted by Crippen LogP contribution is -2.05. The predicted molar refractivity (Wildman–Crippen MR) is 75.7 cm³/mol. The molecule has 0 spiro atoms. The van der Waals surface area contributed by atoms with Crippen molar-refractivity contribution in [2.75, 3.05) is 13.7 Å². The highest BCUT2D eigenvalue weighted by Gasteiger charge is 2.10. The second-order valence-corrected chi connectivity index (χ2v) is 4.40. The van der Waals surface area contributed by atoms with E-state index in [2.05, 4.69) is 20.8 Å². The van der Waals surface area contributed by atoms with Crippen molar-refractivity contribution in [1.29, 1.82) is 0 Å².